The Morgan fingerprint density at radius 3 is 2.57 bits per heavy atom. The molecule has 0 fully saturated rings. The summed E-state index contributed by atoms with van der Waals surface area (Å²) in [4.78, 5) is 21.4. The molecule has 8 nitrogen and oxygen atoms in total. The van der Waals surface area contributed by atoms with Gasteiger partial charge in [0.25, 0.3) is 5.91 Å². The van der Waals surface area contributed by atoms with Gasteiger partial charge in [-0.25, -0.2) is 27.9 Å². The van der Waals surface area contributed by atoms with E-state index in [-0.39, 0.29) is 21.2 Å². The number of carbonyl (C=O) groups excluding carboxylic acids is 1. The van der Waals surface area contributed by atoms with Crippen molar-refractivity contribution in [1.82, 2.24) is 4.57 Å². The maximum atomic E-state index is 13.7. The average Bonchev–Trinajstić information content (AvgIpc) is 3.16. The van der Waals surface area contributed by atoms with Gasteiger partial charge in [0.1, 0.15) is 10.7 Å². The molecule has 0 radical (unpaired) electrons. The molecule has 2 aromatic carbocycles. The number of carbonyl (C=O) groups is 1. The Bertz CT molecular complexity index is 1490. The predicted octanol–water partition coefficient (Wildman–Crippen LogP) is 0.653. The number of fused-ring (bicyclic) bond motifs is 1. The van der Waals surface area contributed by atoms with Gasteiger partial charge in [0.2, 0.25) is 15.9 Å². The third kappa shape index (κ3) is 3.47. The number of rotatable bonds is 4. The van der Waals surface area contributed by atoms with Crippen molar-refractivity contribution in [3.8, 4) is 5.88 Å². The summed E-state index contributed by atoms with van der Waals surface area (Å²) < 4.78 is 38.0. The predicted molar refractivity (Wildman–Crippen MR) is 107 cm³/mol. The Balaban J connectivity index is 1.91. The lowest BCUT2D eigenvalue weighted by Crippen LogP contribution is -2.23. The smallest absolute Gasteiger partial charge is 0.279 e. The number of sulfonamides is 1. The van der Waals surface area contributed by atoms with Crippen LogP contribution in [-0.4, -0.2) is 24.0 Å². The van der Waals surface area contributed by atoms with E-state index in [2.05, 4.69) is 9.98 Å². The summed E-state index contributed by atoms with van der Waals surface area (Å²) in [7, 11) is -3.82. The van der Waals surface area contributed by atoms with E-state index in [0.29, 0.717) is 27.6 Å². The van der Waals surface area contributed by atoms with Crippen molar-refractivity contribution < 1.29 is 22.7 Å². The molecule has 2 heterocycles. The molecular weight excluding hydrogens is 431 g/mol. The molecule has 0 aliphatic carbocycles. The van der Waals surface area contributed by atoms with Crippen molar-refractivity contribution in [2.75, 3.05) is 0 Å². The number of amides is 1. The maximum Gasteiger partial charge on any atom is 0.279 e. The molecule has 3 aromatic rings. The van der Waals surface area contributed by atoms with E-state index in [1.807, 2.05) is 0 Å². The second kappa shape index (κ2) is 7.27. The second-order valence-corrected chi connectivity index (χ2v) is 8.92. The maximum absolute atomic E-state index is 13.7. The number of benzene rings is 2. The largest absolute Gasteiger partial charge is 0.493 e. The van der Waals surface area contributed by atoms with Crippen molar-refractivity contribution in [2.45, 2.75) is 18.4 Å². The summed E-state index contributed by atoms with van der Waals surface area (Å²) in [6.07, 6.45) is 0. The van der Waals surface area contributed by atoms with E-state index >= 15 is 0 Å². The van der Waals surface area contributed by atoms with Gasteiger partial charge in [-0.3, -0.25) is 9.36 Å². The Morgan fingerprint density at radius 1 is 1.23 bits per heavy atom. The molecule has 4 rings (SSSR count). The number of aromatic hydroxyl groups is 1. The van der Waals surface area contributed by atoms with Crippen LogP contribution in [0.25, 0.3) is 5.57 Å². The van der Waals surface area contributed by atoms with Gasteiger partial charge in [-0.2, -0.15) is 0 Å². The van der Waals surface area contributed by atoms with Crippen molar-refractivity contribution in [1.29, 1.82) is 0 Å². The van der Waals surface area contributed by atoms with E-state index in [9.17, 15) is 22.7 Å². The van der Waals surface area contributed by atoms with Gasteiger partial charge in [-0.05, 0) is 49.4 Å². The third-order valence-corrected chi connectivity index (χ3v) is 6.49. The van der Waals surface area contributed by atoms with Gasteiger partial charge >= 0.3 is 0 Å². The first-order valence-corrected chi connectivity index (χ1v) is 11.1. The topological polar surface area (TPSA) is 127 Å². The third-order valence-electron chi connectivity index (χ3n) is 4.48. The van der Waals surface area contributed by atoms with Crippen LogP contribution < -0.4 is 20.5 Å². The zero-order valence-electron chi connectivity index (χ0n) is 15.5. The van der Waals surface area contributed by atoms with E-state index in [4.69, 9.17) is 5.14 Å². The summed E-state index contributed by atoms with van der Waals surface area (Å²) in [6.45, 7) is 2.14. The lowest BCUT2D eigenvalue weighted by Gasteiger charge is -2.02. The molecule has 1 aromatic heterocycles. The molecule has 1 aliphatic rings. The first-order valence-electron chi connectivity index (χ1n) is 8.72. The lowest BCUT2D eigenvalue weighted by atomic mass is 10.1. The Hall–Kier alpha value is -3.15. The van der Waals surface area contributed by atoms with Crippen molar-refractivity contribution in [3.05, 3.63) is 68.5 Å². The average molecular weight is 446 g/mol. The van der Waals surface area contributed by atoms with Crippen molar-refractivity contribution in [2.24, 2.45) is 15.1 Å². The summed E-state index contributed by atoms with van der Waals surface area (Å²) >= 11 is 1.05. The minimum absolute atomic E-state index is 0.0492. The zero-order chi connectivity index (χ0) is 21.6. The van der Waals surface area contributed by atoms with Crippen LogP contribution in [0.3, 0.4) is 0 Å². The molecule has 0 saturated carbocycles. The highest BCUT2D eigenvalue weighted by Crippen LogP contribution is 2.29. The first-order chi connectivity index (χ1) is 14.2. The molecule has 3 N–H and O–H groups in total. The Labute approximate surface area is 173 Å². The van der Waals surface area contributed by atoms with E-state index in [0.717, 1.165) is 11.3 Å². The minimum Gasteiger partial charge on any atom is -0.493 e. The number of thiazole rings is 1. The molecule has 0 spiro atoms. The molecule has 1 amide bonds. The fourth-order valence-electron chi connectivity index (χ4n) is 3.06. The van der Waals surface area contributed by atoms with Crippen LogP contribution in [0.5, 0.6) is 5.88 Å². The summed E-state index contributed by atoms with van der Waals surface area (Å²) in [6, 6.07) is 9.43. The van der Waals surface area contributed by atoms with Crippen LogP contribution in [0.2, 0.25) is 0 Å². The lowest BCUT2D eigenvalue weighted by molar-refractivity contribution is -0.112. The second-order valence-electron chi connectivity index (χ2n) is 6.39. The highest BCUT2D eigenvalue weighted by molar-refractivity contribution is 7.89. The molecule has 30 heavy (non-hydrogen) atoms. The van der Waals surface area contributed by atoms with Gasteiger partial charge in [-0.1, -0.05) is 11.3 Å². The van der Waals surface area contributed by atoms with Gasteiger partial charge in [-0.15, -0.1) is 0 Å². The quantitative estimate of drug-likeness (QED) is 0.610. The number of primary sulfonamides is 1. The molecule has 0 saturated heterocycles. The van der Waals surface area contributed by atoms with E-state index in [1.165, 1.54) is 47.0 Å². The zero-order valence-corrected chi connectivity index (χ0v) is 17.2. The Kier molecular flexibility index (Phi) is 4.88. The van der Waals surface area contributed by atoms with Gasteiger partial charge < -0.3 is 5.11 Å². The fraction of sp³-hybridized carbons (Fsp3) is 0.105. The van der Waals surface area contributed by atoms with Crippen LogP contribution in [0, 0.1) is 5.82 Å². The molecule has 0 atom stereocenters. The van der Waals surface area contributed by atoms with Crippen LogP contribution in [0.1, 0.15) is 11.8 Å². The van der Waals surface area contributed by atoms with Gasteiger partial charge in [0, 0.05) is 11.8 Å². The SMILES string of the molecule is CCn1c(O)c(C2=c3cc(F)ccc3=NC2=O)sc1=Nc1ccc(S(N)(=O)=O)cc1. The number of hydrogen-bond donors (Lipinski definition) is 2. The van der Waals surface area contributed by atoms with Gasteiger partial charge in [0.05, 0.1) is 21.5 Å². The number of nitrogens with two attached hydrogens (primary N) is 1. The summed E-state index contributed by atoms with van der Waals surface area (Å²) in [5.74, 6) is -1.27. The summed E-state index contributed by atoms with van der Waals surface area (Å²) in [5, 5.41) is 16.5. The number of nitrogens with zero attached hydrogens (tertiary/aromatic N) is 3. The highest BCUT2D eigenvalue weighted by Gasteiger charge is 2.25. The number of aromatic nitrogens is 1. The molecule has 0 bridgehead atoms. The van der Waals surface area contributed by atoms with Gasteiger partial charge in [0.15, 0.2) is 4.80 Å². The first kappa shape index (κ1) is 20.1. The number of hydrogen-bond acceptors (Lipinski definition) is 6. The fourth-order valence-corrected chi connectivity index (χ4v) is 4.74. The van der Waals surface area contributed by atoms with Crippen LogP contribution >= 0.6 is 11.3 Å². The van der Waals surface area contributed by atoms with Crippen molar-refractivity contribution in [3.63, 3.8) is 0 Å². The minimum atomic E-state index is -3.82. The highest BCUT2D eigenvalue weighted by atomic mass is 32.2. The summed E-state index contributed by atoms with van der Waals surface area (Å²) in [5.41, 5.74) is 0.538. The molecule has 154 valence electrons. The molecule has 1 aliphatic heterocycles. The van der Waals surface area contributed by atoms with Crippen molar-refractivity contribution >= 4 is 38.5 Å². The number of halogens is 1. The van der Waals surface area contributed by atoms with E-state index in [1.54, 1.807) is 6.92 Å². The Morgan fingerprint density at radius 2 is 1.93 bits per heavy atom. The van der Waals surface area contributed by atoms with Crippen LogP contribution in [0.4, 0.5) is 10.1 Å². The molecular formula is C19H15FN4O4S2. The van der Waals surface area contributed by atoms with Crippen LogP contribution in [0.15, 0.2) is 57.3 Å². The van der Waals surface area contributed by atoms with E-state index < -0.39 is 21.7 Å². The van der Waals surface area contributed by atoms with Crippen LogP contribution in [-0.2, 0) is 21.4 Å². The standard InChI is InChI=1S/C19H15FN4O4S2/c1-2-24-18(26)16(15-13-9-10(20)3-8-14(13)23-17(15)25)29-19(24)22-11-4-6-12(7-5-11)30(21,27)28/h3-9,26H,2H2,1H3,(H2,21,27,28). The normalized spacial score (nSPS) is 14.2. The molecule has 0 unspecified atom stereocenters. The molecule has 11 heteroatoms. The monoisotopic (exact) mass is 446 g/mol.